The lowest BCUT2D eigenvalue weighted by molar-refractivity contribution is 0.110. The Kier molecular flexibility index (Phi) is 7.82. The van der Waals surface area contributed by atoms with Gasteiger partial charge < -0.3 is 10.5 Å². The molecule has 1 aromatic carbocycles. The highest BCUT2D eigenvalue weighted by atomic mass is 16.5. The van der Waals surface area contributed by atoms with Crippen molar-refractivity contribution in [2.45, 2.75) is 45.7 Å². The van der Waals surface area contributed by atoms with Crippen molar-refractivity contribution in [3.63, 3.8) is 0 Å². The largest absolute Gasteiger partial charge is 0.383 e. The molecule has 0 fully saturated rings. The zero-order chi connectivity index (χ0) is 15.0. The summed E-state index contributed by atoms with van der Waals surface area (Å²) in [5, 5.41) is 0. The third-order valence-electron chi connectivity index (χ3n) is 4.06. The zero-order valence-corrected chi connectivity index (χ0v) is 13.4. The highest BCUT2D eigenvalue weighted by molar-refractivity contribution is 5.28. The Hall–Kier alpha value is -0.900. The molecule has 1 atom stereocenters. The van der Waals surface area contributed by atoms with E-state index in [0.717, 1.165) is 32.5 Å². The fourth-order valence-corrected chi connectivity index (χ4v) is 2.79. The summed E-state index contributed by atoms with van der Waals surface area (Å²) in [7, 11) is 1.76. The van der Waals surface area contributed by atoms with Crippen molar-refractivity contribution in [3.05, 3.63) is 35.4 Å². The van der Waals surface area contributed by atoms with Crippen molar-refractivity contribution in [2.24, 2.45) is 5.73 Å². The van der Waals surface area contributed by atoms with Gasteiger partial charge in [-0.15, -0.1) is 0 Å². The molecule has 0 bridgehead atoms. The molecule has 3 heteroatoms. The van der Waals surface area contributed by atoms with Crippen molar-refractivity contribution < 1.29 is 4.74 Å². The highest BCUT2D eigenvalue weighted by Crippen LogP contribution is 2.19. The van der Waals surface area contributed by atoms with Gasteiger partial charge in [-0.3, -0.25) is 4.90 Å². The molecule has 0 amide bonds. The maximum Gasteiger partial charge on any atom is 0.0589 e. The van der Waals surface area contributed by atoms with Gasteiger partial charge in [-0.2, -0.15) is 0 Å². The Morgan fingerprint density at radius 1 is 1.20 bits per heavy atom. The number of methoxy groups -OCH3 is 1. The van der Waals surface area contributed by atoms with Crippen molar-refractivity contribution in [2.75, 3.05) is 26.8 Å². The number of nitrogens with two attached hydrogens (primary N) is 1. The second-order valence-corrected chi connectivity index (χ2v) is 5.42. The van der Waals surface area contributed by atoms with Gasteiger partial charge in [0.2, 0.25) is 0 Å². The molecule has 0 saturated heterocycles. The summed E-state index contributed by atoms with van der Waals surface area (Å²) in [4.78, 5) is 2.47. The number of rotatable bonds is 9. The molecule has 0 heterocycles. The van der Waals surface area contributed by atoms with E-state index in [1.807, 2.05) is 0 Å². The van der Waals surface area contributed by atoms with Crippen molar-refractivity contribution in [3.8, 4) is 0 Å². The van der Waals surface area contributed by atoms with E-state index in [0.29, 0.717) is 6.04 Å². The van der Waals surface area contributed by atoms with Crippen LogP contribution in [0.3, 0.4) is 0 Å². The van der Waals surface area contributed by atoms with Crippen LogP contribution in [0.25, 0.3) is 0 Å². The standard InChI is InChI=1S/C17H30N2O/c1-5-15(6-2)19(11-12-20-4)13-17(18)16-10-8-7-9-14(16)3/h7-10,15,17H,5-6,11-13,18H2,1-4H3. The predicted octanol–water partition coefficient (Wildman–Crippen LogP) is 3.13. The van der Waals surface area contributed by atoms with Crippen LogP contribution in [0.4, 0.5) is 0 Å². The van der Waals surface area contributed by atoms with Crippen LogP contribution in [-0.4, -0.2) is 37.7 Å². The van der Waals surface area contributed by atoms with Crippen LogP contribution >= 0.6 is 0 Å². The molecule has 0 aliphatic heterocycles. The second-order valence-electron chi connectivity index (χ2n) is 5.42. The van der Waals surface area contributed by atoms with Gasteiger partial charge in [-0.1, -0.05) is 38.1 Å². The molecule has 1 unspecified atom stereocenters. The molecule has 20 heavy (non-hydrogen) atoms. The van der Waals surface area contributed by atoms with E-state index in [4.69, 9.17) is 10.5 Å². The van der Waals surface area contributed by atoms with E-state index in [1.165, 1.54) is 11.1 Å². The summed E-state index contributed by atoms with van der Waals surface area (Å²) >= 11 is 0. The molecule has 0 aliphatic rings. The minimum Gasteiger partial charge on any atom is -0.383 e. The molecule has 0 radical (unpaired) electrons. The van der Waals surface area contributed by atoms with Crippen LogP contribution in [0.15, 0.2) is 24.3 Å². The molecular weight excluding hydrogens is 248 g/mol. The van der Waals surface area contributed by atoms with E-state index in [2.05, 4.69) is 49.9 Å². The number of aryl methyl sites for hydroxylation is 1. The van der Waals surface area contributed by atoms with Gasteiger partial charge in [0, 0.05) is 32.3 Å². The van der Waals surface area contributed by atoms with Crippen LogP contribution in [-0.2, 0) is 4.74 Å². The molecule has 0 aromatic heterocycles. The molecule has 1 rings (SSSR count). The summed E-state index contributed by atoms with van der Waals surface area (Å²) in [6, 6.07) is 9.05. The predicted molar refractivity (Wildman–Crippen MR) is 85.9 cm³/mol. The highest BCUT2D eigenvalue weighted by Gasteiger charge is 2.19. The molecule has 0 aliphatic carbocycles. The fraction of sp³-hybridized carbons (Fsp3) is 0.647. The summed E-state index contributed by atoms with van der Waals surface area (Å²) in [5.74, 6) is 0. The number of ether oxygens (including phenoxy) is 1. The van der Waals surface area contributed by atoms with Gasteiger partial charge in [-0.25, -0.2) is 0 Å². The quantitative estimate of drug-likeness (QED) is 0.754. The average Bonchev–Trinajstić information content (AvgIpc) is 2.46. The maximum absolute atomic E-state index is 6.43. The molecule has 2 N–H and O–H groups in total. The monoisotopic (exact) mass is 278 g/mol. The normalized spacial score (nSPS) is 13.2. The van der Waals surface area contributed by atoms with E-state index in [1.54, 1.807) is 7.11 Å². The van der Waals surface area contributed by atoms with Crippen molar-refractivity contribution in [1.29, 1.82) is 0 Å². The lowest BCUT2D eigenvalue weighted by atomic mass is 10.0. The van der Waals surface area contributed by atoms with Gasteiger partial charge >= 0.3 is 0 Å². The Balaban J connectivity index is 2.75. The topological polar surface area (TPSA) is 38.5 Å². The summed E-state index contributed by atoms with van der Waals surface area (Å²) in [6.07, 6.45) is 2.31. The molecule has 3 nitrogen and oxygen atoms in total. The van der Waals surface area contributed by atoms with Gasteiger partial charge in [0.25, 0.3) is 0 Å². The molecule has 114 valence electrons. The van der Waals surface area contributed by atoms with Crippen LogP contribution < -0.4 is 5.73 Å². The zero-order valence-electron chi connectivity index (χ0n) is 13.4. The smallest absolute Gasteiger partial charge is 0.0589 e. The Bertz CT molecular complexity index is 377. The van der Waals surface area contributed by atoms with Gasteiger partial charge in [0.1, 0.15) is 0 Å². The first-order valence-electron chi connectivity index (χ1n) is 7.68. The van der Waals surface area contributed by atoms with Crippen LogP contribution in [0.5, 0.6) is 0 Å². The summed E-state index contributed by atoms with van der Waals surface area (Å²) < 4.78 is 5.24. The van der Waals surface area contributed by atoms with E-state index in [9.17, 15) is 0 Å². The number of hydrogen-bond donors (Lipinski definition) is 1. The second kappa shape index (κ2) is 9.11. The third-order valence-corrected chi connectivity index (χ3v) is 4.06. The lowest BCUT2D eigenvalue weighted by Gasteiger charge is -2.32. The Labute approximate surface area is 124 Å². The van der Waals surface area contributed by atoms with Crippen molar-refractivity contribution in [1.82, 2.24) is 4.90 Å². The lowest BCUT2D eigenvalue weighted by Crippen LogP contribution is -2.41. The van der Waals surface area contributed by atoms with Gasteiger partial charge in [-0.05, 0) is 30.9 Å². The Morgan fingerprint density at radius 3 is 2.40 bits per heavy atom. The number of benzene rings is 1. The first-order valence-corrected chi connectivity index (χ1v) is 7.68. The average molecular weight is 278 g/mol. The number of nitrogens with zero attached hydrogens (tertiary/aromatic N) is 1. The molecule has 0 saturated carbocycles. The number of hydrogen-bond acceptors (Lipinski definition) is 3. The van der Waals surface area contributed by atoms with Crippen molar-refractivity contribution >= 4 is 0 Å². The first-order chi connectivity index (χ1) is 9.63. The molecule has 1 aromatic rings. The third kappa shape index (κ3) is 4.89. The summed E-state index contributed by atoms with van der Waals surface area (Å²) in [5.41, 5.74) is 8.96. The SMILES string of the molecule is CCC(CC)N(CCOC)CC(N)c1ccccc1C. The fourth-order valence-electron chi connectivity index (χ4n) is 2.79. The van der Waals surface area contributed by atoms with Gasteiger partial charge in [0.05, 0.1) is 6.61 Å². The minimum absolute atomic E-state index is 0.0636. The van der Waals surface area contributed by atoms with E-state index < -0.39 is 0 Å². The first kappa shape index (κ1) is 17.2. The van der Waals surface area contributed by atoms with Crippen LogP contribution in [0, 0.1) is 6.92 Å². The minimum atomic E-state index is 0.0636. The molecule has 0 spiro atoms. The maximum atomic E-state index is 6.43. The van der Waals surface area contributed by atoms with E-state index >= 15 is 0 Å². The summed E-state index contributed by atoms with van der Waals surface area (Å²) in [6.45, 7) is 9.21. The van der Waals surface area contributed by atoms with Gasteiger partial charge in [0.15, 0.2) is 0 Å². The van der Waals surface area contributed by atoms with Crippen LogP contribution in [0.1, 0.15) is 43.9 Å². The van der Waals surface area contributed by atoms with Crippen LogP contribution in [0.2, 0.25) is 0 Å². The molecular formula is C17H30N2O. The van der Waals surface area contributed by atoms with E-state index in [-0.39, 0.29) is 6.04 Å². The Morgan fingerprint density at radius 2 is 1.85 bits per heavy atom.